The van der Waals surface area contributed by atoms with Gasteiger partial charge in [0.05, 0.1) is 6.20 Å². The molecule has 31 heavy (non-hydrogen) atoms. The van der Waals surface area contributed by atoms with Crippen LogP contribution in [0.5, 0.6) is 11.5 Å². The summed E-state index contributed by atoms with van der Waals surface area (Å²) in [5.41, 5.74) is 1.93. The number of nitrogens with zero attached hydrogens (tertiary/aromatic N) is 3. The molecule has 0 bridgehead atoms. The van der Waals surface area contributed by atoms with Crippen molar-refractivity contribution < 1.29 is 13.2 Å². The van der Waals surface area contributed by atoms with Gasteiger partial charge in [-0.2, -0.15) is 4.31 Å². The monoisotopic (exact) mass is 435 g/mol. The molecule has 1 saturated heterocycles. The van der Waals surface area contributed by atoms with Crippen molar-refractivity contribution >= 4 is 16.1 Å². The Balaban J connectivity index is 1.36. The summed E-state index contributed by atoms with van der Waals surface area (Å²) in [6.07, 6.45) is 5.04. The Morgan fingerprint density at radius 3 is 2.39 bits per heavy atom. The number of aromatic nitrogens is 1. The molecule has 7 heteroatoms. The normalized spacial score (nSPS) is 15.9. The van der Waals surface area contributed by atoms with Gasteiger partial charge in [-0.1, -0.05) is 48.5 Å². The van der Waals surface area contributed by atoms with Gasteiger partial charge in [-0.25, -0.2) is 8.42 Å². The second-order valence-corrected chi connectivity index (χ2v) is 9.15. The minimum Gasteiger partial charge on any atom is -0.455 e. The molecule has 0 radical (unpaired) electrons. The van der Waals surface area contributed by atoms with Gasteiger partial charge in [-0.15, -0.1) is 0 Å². The van der Waals surface area contributed by atoms with Crippen LogP contribution in [0, 0.1) is 0 Å². The summed E-state index contributed by atoms with van der Waals surface area (Å²) in [5.74, 6) is 1.48. The first-order valence-electron chi connectivity index (χ1n) is 10.2. The maximum absolute atomic E-state index is 12.7. The maximum atomic E-state index is 12.7. The lowest BCUT2D eigenvalue weighted by molar-refractivity contribution is 0.181. The Labute approximate surface area is 183 Å². The van der Waals surface area contributed by atoms with E-state index in [9.17, 15) is 8.42 Å². The van der Waals surface area contributed by atoms with Crippen molar-refractivity contribution in [1.29, 1.82) is 0 Å². The number of para-hydroxylation sites is 1. The summed E-state index contributed by atoms with van der Waals surface area (Å²) in [4.78, 5) is 6.34. The summed E-state index contributed by atoms with van der Waals surface area (Å²) in [5, 5.41) is 1.30. The van der Waals surface area contributed by atoms with E-state index in [4.69, 9.17) is 4.74 Å². The Morgan fingerprint density at radius 1 is 0.903 bits per heavy atom. The van der Waals surface area contributed by atoms with E-state index in [1.54, 1.807) is 22.8 Å². The van der Waals surface area contributed by atoms with Crippen LogP contribution in [-0.4, -0.2) is 48.8 Å². The molecule has 0 saturated carbocycles. The highest BCUT2D eigenvalue weighted by atomic mass is 32.2. The molecule has 2 aromatic carbocycles. The van der Waals surface area contributed by atoms with Gasteiger partial charge in [0.1, 0.15) is 11.5 Å². The highest BCUT2D eigenvalue weighted by Gasteiger charge is 2.25. The molecule has 6 nitrogen and oxygen atoms in total. The number of sulfonamides is 1. The van der Waals surface area contributed by atoms with E-state index in [-0.39, 0.29) is 0 Å². The van der Waals surface area contributed by atoms with Crippen LogP contribution >= 0.6 is 0 Å². The summed E-state index contributed by atoms with van der Waals surface area (Å²) in [6.45, 7) is 2.96. The van der Waals surface area contributed by atoms with Crippen molar-refractivity contribution in [1.82, 2.24) is 14.2 Å². The molecule has 1 aliphatic heterocycles. The predicted octanol–water partition coefficient (Wildman–Crippen LogP) is 3.99. The zero-order valence-corrected chi connectivity index (χ0v) is 18.0. The molecule has 160 valence electrons. The van der Waals surface area contributed by atoms with Crippen molar-refractivity contribution in [3.05, 3.63) is 95.7 Å². The number of hydrogen-bond donors (Lipinski definition) is 0. The molecule has 0 unspecified atom stereocenters. The van der Waals surface area contributed by atoms with Crippen LogP contribution in [0.3, 0.4) is 0 Å². The molecule has 3 aromatic rings. The first-order chi connectivity index (χ1) is 15.1. The molecular formula is C24H25N3O3S. The summed E-state index contributed by atoms with van der Waals surface area (Å²) < 4.78 is 32.9. The third-order valence-corrected chi connectivity index (χ3v) is 6.72. The molecule has 1 aliphatic rings. The van der Waals surface area contributed by atoms with Crippen LogP contribution in [0.1, 0.15) is 11.1 Å². The SMILES string of the molecule is O=S(=O)(/C=C/c1ccccc1)N1CCN(Cc2ccccc2Oc2cccnc2)CC1. The van der Waals surface area contributed by atoms with Crippen molar-refractivity contribution in [2.45, 2.75) is 6.54 Å². The second kappa shape index (κ2) is 9.87. The molecule has 4 rings (SSSR count). The van der Waals surface area contributed by atoms with Crippen molar-refractivity contribution in [3.63, 3.8) is 0 Å². The zero-order valence-electron chi connectivity index (χ0n) is 17.2. The molecule has 2 heterocycles. The van der Waals surface area contributed by atoms with Crippen LogP contribution in [0.15, 0.2) is 84.5 Å². The van der Waals surface area contributed by atoms with Gasteiger partial charge in [0.25, 0.3) is 0 Å². The molecule has 1 aromatic heterocycles. The van der Waals surface area contributed by atoms with E-state index in [0.29, 0.717) is 38.5 Å². The lowest BCUT2D eigenvalue weighted by Gasteiger charge is -2.33. The molecule has 0 spiro atoms. The van der Waals surface area contributed by atoms with Crippen molar-refractivity contribution in [2.24, 2.45) is 0 Å². The van der Waals surface area contributed by atoms with Gasteiger partial charge in [0, 0.05) is 49.9 Å². The minimum absolute atomic E-state index is 0.465. The topological polar surface area (TPSA) is 62.7 Å². The lowest BCUT2D eigenvalue weighted by Crippen LogP contribution is -2.47. The summed E-state index contributed by atoms with van der Waals surface area (Å²) in [7, 11) is -3.43. The first-order valence-corrected chi connectivity index (χ1v) is 11.7. The predicted molar refractivity (Wildman–Crippen MR) is 122 cm³/mol. The maximum Gasteiger partial charge on any atom is 0.236 e. The van der Waals surface area contributed by atoms with Crippen LogP contribution in [-0.2, 0) is 16.6 Å². The Kier molecular flexibility index (Phi) is 6.76. The number of benzene rings is 2. The third-order valence-electron chi connectivity index (χ3n) is 5.15. The first kappa shape index (κ1) is 21.2. The van der Waals surface area contributed by atoms with Gasteiger partial charge < -0.3 is 4.74 Å². The third kappa shape index (κ3) is 5.79. The molecule has 0 atom stereocenters. The van der Waals surface area contributed by atoms with E-state index >= 15 is 0 Å². The van der Waals surface area contributed by atoms with E-state index in [1.165, 1.54) is 5.41 Å². The van der Waals surface area contributed by atoms with E-state index in [1.807, 2.05) is 66.7 Å². The summed E-state index contributed by atoms with van der Waals surface area (Å²) in [6, 6.07) is 21.1. The number of ether oxygens (including phenoxy) is 1. The fourth-order valence-corrected chi connectivity index (χ4v) is 4.64. The Hall–Kier alpha value is -3.00. The Morgan fingerprint density at radius 2 is 1.65 bits per heavy atom. The van der Waals surface area contributed by atoms with Gasteiger partial charge in [0.2, 0.25) is 10.0 Å². The molecule has 0 aliphatic carbocycles. The van der Waals surface area contributed by atoms with Crippen LogP contribution in [0.2, 0.25) is 0 Å². The molecular weight excluding hydrogens is 410 g/mol. The highest BCUT2D eigenvalue weighted by Crippen LogP contribution is 2.26. The molecule has 0 N–H and O–H groups in total. The van der Waals surface area contributed by atoms with Crippen LogP contribution < -0.4 is 4.74 Å². The fraction of sp³-hybridized carbons (Fsp3) is 0.208. The van der Waals surface area contributed by atoms with Crippen LogP contribution in [0.25, 0.3) is 6.08 Å². The Bertz CT molecular complexity index is 1110. The highest BCUT2D eigenvalue weighted by molar-refractivity contribution is 7.92. The standard InChI is InChI=1S/C24H25N3O3S/c28-31(29,18-12-21-7-2-1-3-8-21)27-16-14-26(15-17-27)20-22-9-4-5-11-24(22)30-23-10-6-13-25-19-23/h1-13,18-19H,14-17,20H2/b18-12+. The quantitative estimate of drug-likeness (QED) is 0.562. The fourth-order valence-electron chi connectivity index (χ4n) is 3.47. The van der Waals surface area contributed by atoms with Gasteiger partial charge in [-0.05, 0) is 29.8 Å². The smallest absolute Gasteiger partial charge is 0.236 e. The zero-order chi connectivity index (χ0) is 21.5. The average molecular weight is 436 g/mol. The average Bonchev–Trinajstić information content (AvgIpc) is 2.81. The lowest BCUT2D eigenvalue weighted by atomic mass is 10.1. The van der Waals surface area contributed by atoms with Gasteiger partial charge >= 0.3 is 0 Å². The molecule has 1 fully saturated rings. The van der Waals surface area contributed by atoms with E-state index < -0.39 is 10.0 Å². The number of piperazine rings is 1. The van der Waals surface area contributed by atoms with Crippen LogP contribution in [0.4, 0.5) is 0 Å². The number of rotatable bonds is 7. The van der Waals surface area contributed by atoms with Gasteiger partial charge in [-0.3, -0.25) is 9.88 Å². The minimum atomic E-state index is -3.43. The largest absolute Gasteiger partial charge is 0.455 e. The van der Waals surface area contributed by atoms with E-state index in [2.05, 4.69) is 9.88 Å². The number of pyridine rings is 1. The number of hydrogen-bond acceptors (Lipinski definition) is 5. The van der Waals surface area contributed by atoms with E-state index in [0.717, 1.165) is 16.9 Å². The van der Waals surface area contributed by atoms with Gasteiger partial charge in [0.15, 0.2) is 0 Å². The van der Waals surface area contributed by atoms with Crippen molar-refractivity contribution in [3.8, 4) is 11.5 Å². The molecule has 0 amide bonds. The summed E-state index contributed by atoms with van der Waals surface area (Å²) >= 11 is 0. The second-order valence-electron chi connectivity index (χ2n) is 7.33. The van der Waals surface area contributed by atoms with Crippen molar-refractivity contribution in [2.75, 3.05) is 26.2 Å².